The first-order valence-electron chi connectivity index (χ1n) is 12.4. The Hall–Kier alpha value is -2.34. The summed E-state index contributed by atoms with van der Waals surface area (Å²) in [6, 6.07) is 20.6. The molecule has 0 bridgehead atoms. The third-order valence-electron chi connectivity index (χ3n) is 4.14. The molecule has 0 aliphatic rings. The number of aryl methyl sites for hydroxylation is 2. The molecule has 0 amide bonds. The molecule has 0 heteroatoms. The lowest BCUT2D eigenvalue weighted by atomic mass is 9.88. The van der Waals surface area contributed by atoms with Crippen molar-refractivity contribution in [2.24, 2.45) is 5.41 Å². The van der Waals surface area contributed by atoms with Crippen molar-refractivity contribution in [3.05, 3.63) is 106 Å². The van der Waals surface area contributed by atoms with Gasteiger partial charge in [-0.25, -0.2) is 0 Å². The molecule has 3 aromatic rings. The van der Waals surface area contributed by atoms with E-state index in [-0.39, 0.29) is 5.41 Å². The quantitative estimate of drug-likeness (QED) is 0.436. The van der Waals surface area contributed by atoms with Crippen LogP contribution >= 0.6 is 0 Å². The minimum Gasteiger partial charge on any atom is -0.0617 e. The van der Waals surface area contributed by atoms with Crippen LogP contribution in [-0.4, -0.2) is 0 Å². The first-order valence-corrected chi connectivity index (χ1v) is 9.42. The molecule has 0 saturated carbocycles. The predicted molar refractivity (Wildman–Crippen MR) is 117 cm³/mol. The summed E-state index contributed by atoms with van der Waals surface area (Å²) in [4.78, 5) is 0. The summed E-state index contributed by atoms with van der Waals surface area (Å²) in [6.07, 6.45) is -4.95. The van der Waals surface area contributed by atoms with Gasteiger partial charge in [-0.3, -0.25) is 0 Å². The molecule has 0 unspecified atom stereocenters. The Morgan fingerprint density at radius 1 is 0.667 bits per heavy atom. The lowest BCUT2D eigenvalue weighted by molar-refractivity contribution is 0.378. The molecular weight excluding hydrogens is 324 g/mol. The summed E-state index contributed by atoms with van der Waals surface area (Å²) < 4.78 is 52.2. The van der Waals surface area contributed by atoms with E-state index in [0.29, 0.717) is 34.2 Å². The van der Waals surface area contributed by atoms with Crippen LogP contribution in [0.3, 0.4) is 0 Å². The van der Waals surface area contributed by atoms with Crippen LogP contribution in [0.25, 0.3) is 0 Å². The van der Waals surface area contributed by atoms with Crippen molar-refractivity contribution >= 4 is 0 Å². The van der Waals surface area contributed by atoms with Gasteiger partial charge in [-0.05, 0) is 65.7 Å². The molecule has 0 heterocycles. The van der Waals surface area contributed by atoms with Crippen LogP contribution in [0.15, 0.2) is 72.8 Å². The van der Waals surface area contributed by atoms with Gasteiger partial charge < -0.3 is 0 Å². The molecule has 3 aromatic carbocycles. The van der Waals surface area contributed by atoms with E-state index in [9.17, 15) is 0 Å². The Labute approximate surface area is 173 Å². The maximum Gasteiger partial charge on any atom is 0.0366 e. The first kappa shape index (κ1) is 12.9. The monoisotopic (exact) mass is 362 g/mol. The fourth-order valence-corrected chi connectivity index (χ4v) is 2.80. The minimum atomic E-state index is -1.91. The smallest absolute Gasteiger partial charge is 0.0366 e. The van der Waals surface area contributed by atoms with Crippen molar-refractivity contribution in [1.82, 2.24) is 0 Å². The predicted octanol–water partition coefficient (Wildman–Crippen LogP) is 7.16. The molecule has 0 aromatic heterocycles. The van der Waals surface area contributed by atoms with Crippen LogP contribution in [0.1, 0.15) is 68.8 Å². The van der Waals surface area contributed by atoms with Gasteiger partial charge in [-0.2, -0.15) is 0 Å². The highest BCUT2D eigenvalue weighted by atomic mass is 14.2. The Morgan fingerprint density at radius 3 is 1.63 bits per heavy atom. The molecule has 0 aliphatic carbocycles. The SMILES string of the molecule is [2H]C([2H])(CC(C)(C)C)c1cccc(C([2H])([2H])c2cccc(C([2H])([2H])c3cccc(C)c3)c2)c1. The number of hydrogen-bond donors (Lipinski definition) is 0. The molecule has 0 fully saturated rings. The molecule has 0 aliphatic heterocycles. The molecule has 3 rings (SSSR count). The second kappa shape index (κ2) is 8.57. The van der Waals surface area contributed by atoms with Crippen LogP contribution in [0.5, 0.6) is 0 Å². The number of hydrogen-bond acceptors (Lipinski definition) is 0. The van der Waals surface area contributed by atoms with E-state index < -0.39 is 19.1 Å². The highest BCUT2D eigenvalue weighted by Crippen LogP contribution is 2.22. The lowest BCUT2D eigenvalue weighted by Crippen LogP contribution is -2.06. The fourth-order valence-electron chi connectivity index (χ4n) is 2.80. The maximum atomic E-state index is 8.85. The summed E-state index contributed by atoms with van der Waals surface area (Å²) in [7, 11) is 0. The molecule has 140 valence electrons. The highest BCUT2D eigenvalue weighted by Gasteiger charge is 2.10. The second-order valence-electron chi connectivity index (χ2n) is 8.20. The van der Waals surface area contributed by atoms with Gasteiger partial charge in [-0.1, -0.05) is 99.1 Å². The third kappa shape index (κ3) is 6.40. The van der Waals surface area contributed by atoms with Gasteiger partial charge in [0.2, 0.25) is 0 Å². The van der Waals surface area contributed by atoms with Gasteiger partial charge in [0.05, 0.1) is 0 Å². The summed E-state index contributed by atoms with van der Waals surface area (Å²) >= 11 is 0. The average Bonchev–Trinajstić information content (AvgIpc) is 2.72. The lowest BCUT2D eigenvalue weighted by Gasteiger charge is -2.18. The van der Waals surface area contributed by atoms with Crippen LogP contribution < -0.4 is 0 Å². The van der Waals surface area contributed by atoms with E-state index in [1.54, 1.807) is 54.6 Å². The van der Waals surface area contributed by atoms with E-state index in [1.807, 2.05) is 45.9 Å². The Bertz CT molecular complexity index is 1130. The molecular formula is C27H32. The van der Waals surface area contributed by atoms with E-state index >= 15 is 0 Å². The van der Waals surface area contributed by atoms with Crippen LogP contribution in [0.4, 0.5) is 0 Å². The number of benzene rings is 3. The third-order valence-corrected chi connectivity index (χ3v) is 4.14. The van der Waals surface area contributed by atoms with Crippen molar-refractivity contribution < 1.29 is 8.22 Å². The largest absolute Gasteiger partial charge is 0.0617 e. The summed E-state index contributed by atoms with van der Waals surface area (Å²) in [5, 5.41) is 0. The number of rotatable bonds is 6. The zero-order valence-electron chi connectivity index (χ0n) is 22.6. The zero-order chi connectivity index (χ0) is 24.7. The Kier molecular flexibility index (Phi) is 4.11. The normalized spacial score (nSPS) is 16.4. The molecule has 27 heavy (non-hydrogen) atoms. The molecule has 0 radical (unpaired) electrons. The molecule has 0 N–H and O–H groups in total. The highest BCUT2D eigenvalue weighted by molar-refractivity contribution is 5.34. The molecule has 0 nitrogen and oxygen atoms in total. The molecule has 0 spiro atoms. The Morgan fingerprint density at radius 2 is 1.11 bits per heavy atom. The van der Waals surface area contributed by atoms with Crippen molar-refractivity contribution in [1.29, 1.82) is 0 Å². The maximum absolute atomic E-state index is 8.85. The van der Waals surface area contributed by atoms with E-state index in [4.69, 9.17) is 8.22 Å². The zero-order valence-corrected chi connectivity index (χ0v) is 16.6. The summed E-state index contributed by atoms with van der Waals surface area (Å²) in [5.41, 5.74) is 2.80. The van der Waals surface area contributed by atoms with Crippen molar-refractivity contribution in [3.63, 3.8) is 0 Å². The van der Waals surface area contributed by atoms with E-state index in [2.05, 4.69) is 0 Å². The Balaban J connectivity index is 2.01. The van der Waals surface area contributed by atoms with Gasteiger partial charge >= 0.3 is 0 Å². The van der Waals surface area contributed by atoms with E-state index in [0.717, 1.165) is 5.56 Å². The summed E-state index contributed by atoms with van der Waals surface area (Å²) in [5.74, 6) is 0. The molecule has 0 atom stereocenters. The second-order valence-corrected chi connectivity index (χ2v) is 8.20. The minimum absolute atomic E-state index is 0.214. The van der Waals surface area contributed by atoms with Crippen molar-refractivity contribution in [2.45, 2.75) is 53.2 Å². The fraction of sp³-hybridized carbons (Fsp3) is 0.333. The van der Waals surface area contributed by atoms with Crippen LogP contribution in [0.2, 0.25) is 0 Å². The van der Waals surface area contributed by atoms with Crippen molar-refractivity contribution in [2.75, 3.05) is 0 Å². The van der Waals surface area contributed by atoms with Gasteiger partial charge in [0.25, 0.3) is 0 Å². The van der Waals surface area contributed by atoms with Gasteiger partial charge in [-0.15, -0.1) is 0 Å². The van der Waals surface area contributed by atoms with E-state index in [1.165, 1.54) is 0 Å². The summed E-state index contributed by atoms with van der Waals surface area (Å²) in [6.45, 7) is 7.88. The van der Waals surface area contributed by atoms with Gasteiger partial charge in [0, 0.05) is 8.22 Å². The van der Waals surface area contributed by atoms with Crippen molar-refractivity contribution in [3.8, 4) is 0 Å². The van der Waals surface area contributed by atoms with Crippen LogP contribution in [-0.2, 0) is 19.1 Å². The van der Waals surface area contributed by atoms with Gasteiger partial charge in [0.15, 0.2) is 0 Å². The average molecular weight is 363 g/mol. The first-order chi connectivity index (χ1) is 15.1. The standard InChI is InChI=1S/C27H32/c1-21-8-5-10-23(16-21)18-25-12-7-13-26(20-25)19-24-11-6-9-22(17-24)14-15-27(2,3)4/h5-13,16-17,20H,14-15,18-19H2,1-4H3/i14D2,18D2,19D2. The topological polar surface area (TPSA) is 0 Å². The van der Waals surface area contributed by atoms with Crippen LogP contribution in [0, 0.1) is 12.3 Å². The molecule has 0 saturated heterocycles. The van der Waals surface area contributed by atoms with Gasteiger partial charge in [0.1, 0.15) is 0 Å².